The zero-order valence-corrected chi connectivity index (χ0v) is 14.8. The second-order valence-electron chi connectivity index (χ2n) is 6.79. The van der Waals surface area contributed by atoms with E-state index in [1.807, 2.05) is 0 Å². The van der Waals surface area contributed by atoms with Gasteiger partial charge in [0.2, 0.25) is 0 Å². The number of nitrogens with zero attached hydrogens (tertiary/aromatic N) is 2. The number of unbranched alkanes of at least 4 members (excludes halogenated alkanes) is 3. The maximum absolute atomic E-state index is 4.24. The molecule has 0 aromatic carbocycles. The number of hydrogen-bond donors (Lipinski definition) is 0. The minimum atomic E-state index is 0.567. The van der Waals surface area contributed by atoms with E-state index in [9.17, 15) is 0 Å². The van der Waals surface area contributed by atoms with Gasteiger partial charge in [0.15, 0.2) is 0 Å². The first-order valence-electron chi connectivity index (χ1n) is 8.78. The molecule has 1 unspecified atom stereocenters. The van der Waals surface area contributed by atoms with Crippen LogP contribution in [-0.4, -0.2) is 49.1 Å². The van der Waals surface area contributed by atoms with E-state index in [0.717, 1.165) is 0 Å². The van der Waals surface area contributed by atoms with Gasteiger partial charge < -0.3 is 4.90 Å². The zero-order valence-electron chi connectivity index (χ0n) is 14.8. The van der Waals surface area contributed by atoms with E-state index in [-0.39, 0.29) is 0 Å². The first-order valence-corrected chi connectivity index (χ1v) is 8.78. The lowest BCUT2D eigenvalue weighted by molar-refractivity contribution is 0.121. The Morgan fingerprint density at radius 3 is 2.38 bits per heavy atom. The van der Waals surface area contributed by atoms with Crippen LogP contribution in [0.3, 0.4) is 0 Å². The molecule has 0 saturated carbocycles. The summed E-state index contributed by atoms with van der Waals surface area (Å²) in [5.74, 6) is 0. The molecule has 2 heteroatoms. The van der Waals surface area contributed by atoms with E-state index >= 15 is 0 Å². The topological polar surface area (TPSA) is 6.48 Å². The van der Waals surface area contributed by atoms with E-state index in [0.29, 0.717) is 6.04 Å². The summed E-state index contributed by atoms with van der Waals surface area (Å²) in [6, 6.07) is 0.567. The normalized spacial score (nSPS) is 19.7. The molecule has 1 rings (SSSR count). The summed E-state index contributed by atoms with van der Waals surface area (Å²) < 4.78 is 0. The molecular formula is C19H36N2. The third-order valence-electron chi connectivity index (χ3n) is 4.66. The van der Waals surface area contributed by atoms with Crippen LogP contribution in [0, 0.1) is 0 Å². The van der Waals surface area contributed by atoms with Gasteiger partial charge in [-0.3, -0.25) is 4.90 Å². The summed E-state index contributed by atoms with van der Waals surface area (Å²) in [5, 5.41) is 0. The minimum absolute atomic E-state index is 0.567. The van der Waals surface area contributed by atoms with Crippen molar-refractivity contribution in [3.8, 4) is 0 Å². The molecule has 0 N–H and O–H groups in total. The number of hydrogen-bond acceptors (Lipinski definition) is 2. The Balaban J connectivity index is 2.39. The molecule has 1 aliphatic rings. The average molecular weight is 293 g/mol. The molecule has 1 saturated heterocycles. The molecule has 1 heterocycles. The van der Waals surface area contributed by atoms with Gasteiger partial charge in [-0.05, 0) is 46.6 Å². The monoisotopic (exact) mass is 292 g/mol. The fourth-order valence-electron chi connectivity index (χ4n) is 3.08. The Kier molecular flexibility index (Phi) is 8.94. The molecule has 21 heavy (non-hydrogen) atoms. The first kappa shape index (κ1) is 18.4. The number of rotatable bonds is 9. The molecule has 0 aromatic rings. The lowest BCUT2D eigenvalue weighted by atomic mass is 9.98. The highest BCUT2D eigenvalue weighted by Crippen LogP contribution is 2.19. The smallest absolute Gasteiger partial charge is 0.0306 e. The van der Waals surface area contributed by atoms with E-state index in [1.54, 1.807) is 5.57 Å². The Morgan fingerprint density at radius 1 is 1.14 bits per heavy atom. The maximum Gasteiger partial charge on any atom is 0.0306 e. The van der Waals surface area contributed by atoms with Crippen LogP contribution in [0.4, 0.5) is 0 Å². The molecular weight excluding hydrogens is 256 g/mol. The van der Waals surface area contributed by atoms with Crippen LogP contribution >= 0.6 is 0 Å². The largest absolute Gasteiger partial charge is 0.304 e. The Labute approximate surface area is 132 Å². The number of piperazine rings is 1. The standard InChI is InChI=1S/C19H36N2/c1-6-7-8-9-10-18(4)11-12-19(17(2)3)21-15-13-20(5)14-16-21/h10,19H,2,6-9,11-16H2,1,3-5H3/b18-10-. The van der Waals surface area contributed by atoms with Gasteiger partial charge in [-0.25, -0.2) is 0 Å². The lowest BCUT2D eigenvalue weighted by Crippen LogP contribution is -2.49. The molecule has 0 radical (unpaired) electrons. The van der Waals surface area contributed by atoms with Crippen molar-refractivity contribution in [3.63, 3.8) is 0 Å². The molecule has 0 spiro atoms. The van der Waals surface area contributed by atoms with Crippen molar-refractivity contribution in [2.45, 2.75) is 65.3 Å². The highest BCUT2D eigenvalue weighted by atomic mass is 15.3. The van der Waals surface area contributed by atoms with Gasteiger partial charge in [0, 0.05) is 32.2 Å². The second-order valence-corrected chi connectivity index (χ2v) is 6.79. The van der Waals surface area contributed by atoms with E-state index < -0.39 is 0 Å². The van der Waals surface area contributed by atoms with Gasteiger partial charge in [0.05, 0.1) is 0 Å². The highest BCUT2D eigenvalue weighted by Gasteiger charge is 2.22. The Morgan fingerprint density at radius 2 is 1.81 bits per heavy atom. The van der Waals surface area contributed by atoms with Crippen LogP contribution in [0.5, 0.6) is 0 Å². The third kappa shape index (κ3) is 7.28. The molecule has 1 aliphatic heterocycles. The van der Waals surface area contributed by atoms with Gasteiger partial charge >= 0.3 is 0 Å². The summed E-state index contributed by atoms with van der Waals surface area (Å²) in [7, 11) is 2.22. The summed E-state index contributed by atoms with van der Waals surface area (Å²) in [6.45, 7) is 15.8. The predicted octanol–water partition coefficient (Wildman–Crippen LogP) is 4.49. The average Bonchev–Trinajstić information content (AvgIpc) is 2.45. The SMILES string of the molecule is C=C(C)C(CC/C(C)=C\CCCCC)N1CCN(C)CC1. The highest BCUT2D eigenvalue weighted by molar-refractivity contribution is 5.06. The van der Waals surface area contributed by atoms with Crippen LogP contribution in [0.1, 0.15) is 59.3 Å². The third-order valence-corrected chi connectivity index (χ3v) is 4.66. The van der Waals surface area contributed by atoms with Crippen LogP contribution in [0.15, 0.2) is 23.8 Å². The predicted molar refractivity (Wildman–Crippen MR) is 94.8 cm³/mol. The summed E-state index contributed by atoms with van der Waals surface area (Å²) >= 11 is 0. The van der Waals surface area contributed by atoms with Gasteiger partial charge in [0.25, 0.3) is 0 Å². The molecule has 1 fully saturated rings. The number of likely N-dealkylation sites (N-methyl/N-ethyl adjacent to an activating group) is 1. The van der Waals surface area contributed by atoms with Crippen molar-refractivity contribution in [1.82, 2.24) is 9.80 Å². The molecule has 122 valence electrons. The molecule has 0 bridgehead atoms. The van der Waals surface area contributed by atoms with Crippen LogP contribution in [0.25, 0.3) is 0 Å². The van der Waals surface area contributed by atoms with Crippen molar-refractivity contribution < 1.29 is 0 Å². The van der Waals surface area contributed by atoms with Crippen molar-refractivity contribution >= 4 is 0 Å². The van der Waals surface area contributed by atoms with Crippen molar-refractivity contribution in [2.24, 2.45) is 0 Å². The van der Waals surface area contributed by atoms with Crippen LogP contribution < -0.4 is 0 Å². The summed E-state index contributed by atoms with van der Waals surface area (Å²) in [4.78, 5) is 5.05. The Hall–Kier alpha value is -0.600. The lowest BCUT2D eigenvalue weighted by Gasteiger charge is -2.38. The zero-order chi connectivity index (χ0) is 15.7. The van der Waals surface area contributed by atoms with Crippen LogP contribution in [0.2, 0.25) is 0 Å². The van der Waals surface area contributed by atoms with Gasteiger partial charge in [-0.15, -0.1) is 0 Å². The quantitative estimate of drug-likeness (QED) is 0.456. The van der Waals surface area contributed by atoms with Gasteiger partial charge in [0.1, 0.15) is 0 Å². The second kappa shape index (κ2) is 10.2. The van der Waals surface area contributed by atoms with Gasteiger partial charge in [-0.1, -0.05) is 43.6 Å². The van der Waals surface area contributed by atoms with Crippen LogP contribution in [-0.2, 0) is 0 Å². The minimum Gasteiger partial charge on any atom is -0.304 e. The van der Waals surface area contributed by atoms with Gasteiger partial charge in [-0.2, -0.15) is 0 Å². The molecule has 0 aliphatic carbocycles. The van der Waals surface area contributed by atoms with E-state index in [4.69, 9.17) is 0 Å². The number of allylic oxidation sites excluding steroid dienone is 2. The Bertz CT molecular complexity index is 324. The fourth-order valence-corrected chi connectivity index (χ4v) is 3.08. The van der Waals surface area contributed by atoms with Crippen molar-refractivity contribution in [2.75, 3.05) is 33.2 Å². The fraction of sp³-hybridized carbons (Fsp3) is 0.789. The molecule has 0 aromatic heterocycles. The van der Waals surface area contributed by atoms with E-state index in [1.165, 1.54) is 70.3 Å². The molecule has 1 atom stereocenters. The van der Waals surface area contributed by atoms with Crippen molar-refractivity contribution in [3.05, 3.63) is 23.8 Å². The molecule has 0 amide bonds. The van der Waals surface area contributed by atoms with E-state index in [2.05, 4.69) is 50.3 Å². The first-order chi connectivity index (χ1) is 10.0. The molecule has 2 nitrogen and oxygen atoms in total. The summed E-state index contributed by atoms with van der Waals surface area (Å²) in [5.41, 5.74) is 2.89. The summed E-state index contributed by atoms with van der Waals surface area (Å²) in [6.07, 6.45) is 10.2. The maximum atomic E-state index is 4.24. The van der Waals surface area contributed by atoms with Crippen molar-refractivity contribution in [1.29, 1.82) is 0 Å².